The van der Waals surface area contributed by atoms with E-state index in [1.807, 2.05) is 6.20 Å². The molecular formula is C7H11N3OS. The van der Waals surface area contributed by atoms with Crippen LogP contribution in [0.5, 0.6) is 0 Å². The number of nitrogens with two attached hydrogens (primary N) is 1. The van der Waals surface area contributed by atoms with Crippen molar-refractivity contribution in [3.05, 3.63) is 16.6 Å². The molecule has 0 aliphatic rings. The molecule has 5 heteroatoms. The predicted molar refractivity (Wildman–Crippen MR) is 47.6 cm³/mol. The van der Waals surface area contributed by atoms with Gasteiger partial charge >= 0.3 is 0 Å². The smallest absolute Gasteiger partial charge is 0.218 e. The van der Waals surface area contributed by atoms with E-state index in [0.29, 0.717) is 13.0 Å². The van der Waals surface area contributed by atoms with Crippen LogP contribution in [0, 0.1) is 0 Å². The molecule has 0 fully saturated rings. The summed E-state index contributed by atoms with van der Waals surface area (Å²) >= 11 is 1.59. The molecule has 0 aliphatic carbocycles. The summed E-state index contributed by atoms with van der Waals surface area (Å²) < 4.78 is 0. The van der Waals surface area contributed by atoms with Crippen molar-refractivity contribution < 1.29 is 4.79 Å². The maximum Gasteiger partial charge on any atom is 0.218 e. The highest BCUT2D eigenvalue weighted by Gasteiger charge is 1.95. The average molecular weight is 185 g/mol. The Morgan fingerprint density at radius 2 is 2.58 bits per heavy atom. The third-order valence-corrected chi connectivity index (χ3v) is 2.11. The molecule has 1 heterocycles. The molecule has 0 saturated carbocycles. The highest BCUT2D eigenvalue weighted by Crippen LogP contribution is 2.03. The second-order valence-electron chi connectivity index (χ2n) is 2.36. The van der Waals surface area contributed by atoms with Gasteiger partial charge in [0.1, 0.15) is 0 Å². The molecule has 12 heavy (non-hydrogen) atoms. The Bertz CT molecular complexity index is 235. The summed E-state index contributed by atoms with van der Waals surface area (Å²) in [5.41, 5.74) is 6.75. The molecular weight excluding hydrogens is 174 g/mol. The van der Waals surface area contributed by atoms with Crippen LogP contribution in [0.2, 0.25) is 0 Å². The maximum absolute atomic E-state index is 10.3. The van der Waals surface area contributed by atoms with E-state index in [9.17, 15) is 4.79 Å². The fraction of sp³-hybridized carbons (Fsp3) is 0.429. The van der Waals surface area contributed by atoms with Gasteiger partial charge in [-0.3, -0.25) is 9.78 Å². The Labute approximate surface area is 74.8 Å². The van der Waals surface area contributed by atoms with Gasteiger partial charge in [0.2, 0.25) is 5.91 Å². The van der Waals surface area contributed by atoms with Crippen molar-refractivity contribution in [2.75, 3.05) is 6.54 Å². The van der Waals surface area contributed by atoms with Crippen LogP contribution in [0.4, 0.5) is 0 Å². The normalized spacial score (nSPS) is 10.0. The first kappa shape index (κ1) is 9.15. The van der Waals surface area contributed by atoms with Crippen LogP contribution in [0.3, 0.4) is 0 Å². The van der Waals surface area contributed by atoms with Gasteiger partial charge < -0.3 is 11.1 Å². The summed E-state index contributed by atoms with van der Waals surface area (Å²) in [7, 11) is 0. The number of hydrogen-bond acceptors (Lipinski definition) is 4. The van der Waals surface area contributed by atoms with E-state index in [1.54, 1.807) is 16.8 Å². The van der Waals surface area contributed by atoms with Gasteiger partial charge in [-0.05, 0) is 0 Å². The summed E-state index contributed by atoms with van der Waals surface area (Å²) in [6.07, 6.45) is 2.20. The van der Waals surface area contributed by atoms with Gasteiger partial charge in [0.25, 0.3) is 0 Å². The fourth-order valence-corrected chi connectivity index (χ4v) is 1.32. The highest BCUT2D eigenvalue weighted by atomic mass is 32.1. The number of aromatic nitrogens is 1. The van der Waals surface area contributed by atoms with Gasteiger partial charge in [0, 0.05) is 30.6 Å². The molecule has 0 bridgehead atoms. The number of amides is 1. The Hall–Kier alpha value is -0.940. The molecule has 1 aromatic heterocycles. The number of nitrogens with one attached hydrogen (secondary N) is 1. The van der Waals surface area contributed by atoms with Crippen molar-refractivity contribution in [2.45, 2.75) is 13.0 Å². The summed E-state index contributed by atoms with van der Waals surface area (Å²) in [6.45, 7) is 1.39. The highest BCUT2D eigenvalue weighted by molar-refractivity contribution is 7.09. The fourth-order valence-electron chi connectivity index (χ4n) is 0.753. The second-order valence-corrected chi connectivity index (χ2v) is 3.33. The summed E-state index contributed by atoms with van der Waals surface area (Å²) in [5, 5.41) is 3.09. The molecule has 0 radical (unpaired) electrons. The SMILES string of the molecule is NC(=O)CCNCc1cncs1. The summed E-state index contributed by atoms with van der Waals surface area (Å²) in [6, 6.07) is 0. The third kappa shape index (κ3) is 3.45. The molecule has 1 rings (SSSR count). The van der Waals surface area contributed by atoms with E-state index in [-0.39, 0.29) is 5.91 Å². The molecule has 4 nitrogen and oxygen atoms in total. The van der Waals surface area contributed by atoms with E-state index in [0.717, 1.165) is 6.54 Å². The number of carbonyl (C=O) groups is 1. The van der Waals surface area contributed by atoms with Crippen molar-refractivity contribution in [1.82, 2.24) is 10.3 Å². The number of thiazole rings is 1. The zero-order chi connectivity index (χ0) is 8.81. The van der Waals surface area contributed by atoms with E-state index in [2.05, 4.69) is 10.3 Å². The first-order valence-electron chi connectivity index (χ1n) is 3.65. The Kier molecular flexibility index (Phi) is 3.69. The van der Waals surface area contributed by atoms with Gasteiger partial charge in [-0.2, -0.15) is 0 Å². The topological polar surface area (TPSA) is 68.0 Å². The van der Waals surface area contributed by atoms with Crippen molar-refractivity contribution in [3.8, 4) is 0 Å². The molecule has 0 saturated heterocycles. The monoisotopic (exact) mass is 185 g/mol. The third-order valence-electron chi connectivity index (χ3n) is 1.33. The Balaban J connectivity index is 2.07. The summed E-state index contributed by atoms with van der Waals surface area (Å²) in [4.78, 5) is 15.4. The van der Waals surface area contributed by atoms with Crippen molar-refractivity contribution >= 4 is 17.2 Å². The first-order valence-corrected chi connectivity index (χ1v) is 4.53. The number of hydrogen-bond donors (Lipinski definition) is 2. The van der Waals surface area contributed by atoms with Crippen molar-refractivity contribution in [1.29, 1.82) is 0 Å². The molecule has 0 atom stereocenters. The van der Waals surface area contributed by atoms with Crippen LogP contribution >= 0.6 is 11.3 Å². The lowest BCUT2D eigenvalue weighted by molar-refractivity contribution is -0.117. The Morgan fingerprint density at radius 3 is 3.17 bits per heavy atom. The minimum Gasteiger partial charge on any atom is -0.370 e. The van der Waals surface area contributed by atoms with Crippen LogP contribution in [0.1, 0.15) is 11.3 Å². The molecule has 1 aromatic rings. The lowest BCUT2D eigenvalue weighted by Gasteiger charge is -1.98. The van der Waals surface area contributed by atoms with Crippen molar-refractivity contribution in [3.63, 3.8) is 0 Å². The van der Waals surface area contributed by atoms with Crippen LogP contribution < -0.4 is 11.1 Å². The lowest BCUT2D eigenvalue weighted by Crippen LogP contribution is -2.21. The lowest BCUT2D eigenvalue weighted by atomic mass is 10.4. The molecule has 66 valence electrons. The van der Waals surface area contributed by atoms with Gasteiger partial charge in [0.05, 0.1) is 5.51 Å². The van der Waals surface area contributed by atoms with Crippen LogP contribution in [0.15, 0.2) is 11.7 Å². The Morgan fingerprint density at radius 1 is 1.75 bits per heavy atom. The van der Waals surface area contributed by atoms with Gasteiger partial charge in [-0.15, -0.1) is 11.3 Å². The average Bonchev–Trinajstić information content (AvgIpc) is 2.49. The standard InChI is InChI=1S/C7H11N3OS/c8-7(11)1-2-9-3-6-4-10-5-12-6/h4-5,9H,1-3H2,(H2,8,11). The van der Waals surface area contributed by atoms with Gasteiger partial charge in [-0.25, -0.2) is 0 Å². The molecule has 0 spiro atoms. The van der Waals surface area contributed by atoms with Crippen LogP contribution in [-0.2, 0) is 11.3 Å². The zero-order valence-corrected chi connectivity index (χ0v) is 7.43. The van der Waals surface area contributed by atoms with E-state index in [4.69, 9.17) is 5.73 Å². The maximum atomic E-state index is 10.3. The quantitative estimate of drug-likeness (QED) is 0.640. The molecule has 3 N–H and O–H groups in total. The van der Waals surface area contributed by atoms with E-state index < -0.39 is 0 Å². The molecule has 1 amide bonds. The van der Waals surface area contributed by atoms with Crippen LogP contribution in [0.25, 0.3) is 0 Å². The largest absolute Gasteiger partial charge is 0.370 e. The molecule has 0 aliphatic heterocycles. The number of primary amides is 1. The van der Waals surface area contributed by atoms with E-state index >= 15 is 0 Å². The minimum atomic E-state index is -0.271. The zero-order valence-electron chi connectivity index (χ0n) is 6.62. The van der Waals surface area contributed by atoms with E-state index in [1.165, 1.54) is 4.88 Å². The molecule has 0 unspecified atom stereocenters. The van der Waals surface area contributed by atoms with Crippen LogP contribution in [-0.4, -0.2) is 17.4 Å². The second kappa shape index (κ2) is 4.84. The number of nitrogens with zero attached hydrogens (tertiary/aromatic N) is 1. The van der Waals surface area contributed by atoms with Crippen molar-refractivity contribution in [2.24, 2.45) is 5.73 Å². The minimum absolute atomic E-state index is 0.271. The van der Waals surface area contributed by atoms with Gasteiger partial charge in [0.15, 0.2) is 0 Å². The summed E-state index contributed by atoms with van der Waals surface area (Å²) in [5.74, 6) is -0.271. The molecule has 0 aromatic carbocycles. The first-order chi connectivity index (χ1) is 5.79. The number of carbonyl (C=O) groups excluding carboxylic acids is 1. The van der Waals surface area contributed by atoms with Gasteiger partial charge in [-0.1, -0.05) is 0 Å². The predicted octanol–water partition coefficient (Wildman–Crippen LogP) is 0.108. The number of rotatable bonds is 5.